The summed E-state index contributed by atoms with van der Waals surface area (Å²) >= 11 is 3.07. The van der Waals surface area contributed by atoms with Crippen LogP contribution in [0.2, 0.25) is 0 Å². The first-order chi connectivity index (χ1) is 8.61. The highest BCUT2D eigenvalue weighted by molar-refractivity contribution is 9.10. The van der Waals surface area contributed by atoms with Crippen LogP contribution in [-0.4, -0.2) is 9.55 Å². The predicted octanol–water partition coefficient (Wildman–Crippen LogP) is 2.06. The summed E-state index contributed by atoms with van der Waals surface area (Å²) < 4.78 is 14.8. The Kier molecular flexibility index (Phi) is 3.53. The molecule has 0 aliphatic rings. The van der Waals surface area contributed by atoms with E-state index in [-0.39, 0.29) is 12.1 Å². The van der Waals surface area contributed by atoms with Gasteiger partial charge in [-0.2, -0.15) is 5.26 Å². The molecule has 18 heavy (non-hydrogen) atoms. The normalized spacial score (nSPS) is 10.1. The summed E-state index contributed by atoms with van der Waals surface area (Å²) in [7, 11) is 0. The van der Waals surface area contributed by atoms with Crippen LogP contribution in [0.5, 0.6) is 0 Å². The van der Waals surface area contributed by atoms with Gasteiger partial charge in [0.15, 0.2) is 0 Å². The minimum Gasteiger partial charge on any atom is -0.294 e. The van der Waals surface area contributed by atoms with Gasteiger partial charge in [-0.15, -0.1) is 0 Å². The molecule has 2 aromatic rings. The van der Waals surface area contributed by atoms with Crippen LogP contribution in [0.3, 0.4) is 0 Å². The van der Waals surface area contributed by atoms with Crippen LogP contribution in [0.4, 0.5) is 4.39 Å². The molecule has 0 amide bonds. The van der Waals surface area contributed by atoms with Gasteiger partial charge in [-0.3, -0.25) is 9.36 Å². The van der Waals surface area contributed by atoms with Crippen LogP contribution in [0.1, 0.15) is 11.1 Å². The zero-order chi connectivity index (χ0) is 13.1. The number of aromatic nitrogens is 2. The number of hydrogen-bond donors (Lipinski definition) is 0. The van der Waals surface area contributed by atoms with Gasteiger partial charge in [-0.05, 0) is 39.7 Å². The average molecular weight is 308 g/mol. The molecule has 0 N–H and O–H groups in total. The SMILES string of the molecule is N#Cc1ccc(F)cc1Cn1cncc(Br)c1=O. The van der Waals surface area contributed by atoms with Gasteiger partial charge in [-0.25, -0.2) is 9.37 Å². The molecule has 4 nitrogen and oxygen atoms in total. The van der Waals surface area contributed by atoms with E-state index in [2.05, 4.69) is 20.9 Å². The summed E-state index contributed by atoms with van der Waals surface area (Å²) in [4.78, 5) is 15.6. The Hall–Kier alpha value is -2.00. The predicted molar refractivity (Wildman–Crippen MR) is 66.4 cm³/mol. The average Bonchev–Trinajstić information content (AvgIpc) is 2.35. The van der Waals surface area contributed by atoms with Gasteiger partial charge >= 0.3 is 0 Å². The van der Waals surface area contributed by atoms with Gasteiger partial charge in [0.2, 0.25) is 0 Å². The standard InChI is InChI=1S/C12H7BrFN3O/c13-11-5-16-7-17(12(11)18)6-9-3-10(14)2-1-8(9)4-15/h1-3,5,7H,6H2. The topological polar surface area (TPSA) is 58.7 Å². The number of rotatable bonds is 2. The molecule has 0 spiro atoms. The third-order valence-electron chi connectivity index (χ3n) is 2.39. The van der Waals surface area contributed by atoms with Crippen LogP contribution in [-0.2, 0) is 6.54 Å². The first-order valence-corrected chi connectivity index (χ1v) is 5.79. The minimum absolute atomic E-state index is 0.103. The molecule has 0 saturated carbocycles. The molecule has 0 saturated heterocycles. The second kappa shape index (κ2) is 5.10. The number of benzene rings is 1. The van der Waals surface area contributed by atoms with Gasteiger partial charge in [0, 0.05) is 6.20 Å². The molecular weight excluding hydrogens is 301 g/mol. The molecule has 1 heterocycles. The van der Waals surface area contributed by atoms with E-state index in [1.165, 1.54) is 35.3 Å². The second-order valence-electron chi connectivity index (χ2n) is 3.59. The van der Waals surface area contributed by atoms with Gasteiger partial charge in [0.25, 0.3) is 5.56 Å². The number of nitrogens with zero attached hydrogens (tertiary/aromatic N) is 3. The lowest BCUT2D eigenvalue weighted by Gasteiger charge is -2.07. The van der Waals surface area contributed by atoms with Crippen molar-refractivity contribution in [1.29, 1.82) is 5.26 Å². The lowest BCUT2D eigenvalue weighted by atomic mass is 10.1. The lowest BCUT2D eigenvalue weighted by molar-refractivity contribution is 0.621. The maximum atomic E-state index is 13.1. The lowest BCUT2D eigenvalue weighted by Crippen LogP contribution is -2.21. The smallest absolute Gasteiger partial charge is 0.267 e. The van der Waals surface area contributed by atoms with E-state index in [9.17, 15) is 9.18 Å². The van der Waals surface area contributed by atoms with E-state index in [0.29, 0.717) is 15.6 Å². The molecular formula is C12H7BrFN3O. The van der Waals surface area contributed by atoms with Crippen molar-refractivity contribution >= 4 is 15.9 Å². The first-order valence-electron chi connectivity index (χ1n) is 5.00. The highest BCUT2D eigenvalue weighted by Crippen LogP contribution is 2.11. The zero-order valence-electron chi connectivity index (χ0n) is 9.10. The molecule has 90 valence electrons. The maximum absolute atomic E-state index is 13.1. The van der Waals surface area contributed by atoms with E-state index in [1.807, 2.05) is 6.07 Å². The highest BCUT2D eigenvalue weighted by Gasteiger charge is 2.07. The van der Waals surface area contributed by atoms with Crippen LogP contribution in [0, 0.1) is 17.1 Å². The molecule has 2 rings (SSSR count). The molecule has 0 radical (unpaired) electrons. The summed E-state index contributed by atoms with van der Waals surface area (Å²) in [5.74, 6) is -0.444. The number of hydrogen-bond acceptors (Lipinski definition) is 3. The summed E-state index contributed by atoms with van der Waals surface area (Å²) in [6.07, 6.45) is 2.73. The van der Waals surface area contributed by atoms with E-state index in [0.717, 1.165) is 0 Å². The van der Waals surface area contributed by atoms with Crippen molar-refractivity contribution in [3.8, 4) is 6.07 Å². The Bertz CT molecular complexity index is 690. The van der Waals surface area contributed by atoms with E-state index in [1.54, 1.807) is 0 Å². The summed E-state index contributed by atoms with van der Waals surface area (Å²) in [6, 6.07) is 5.81. The van der Waals surface area contributed by atoms with E-state index < -0.39 is 5.82 Å². The quantitative estimate of drug-likeness (QED) is 0.853. The third kappa shape index (κ3) is 2.46. The molecule has 6 heteroatoms. The fourth-order valence-corrected chi connectivity index (χ4v) is 1.87. The third-order valence-corrected chi connectivity index (χ3v) is 2.93. The Labute approximate surface area is 110 Å². The van der Waals surface area contributed by atoms with Gasteiger partial charge < -0.3 is 0 Å². The van der Waals surface area contributed by atoms with Crippen molar-refractivity contribution < 1.29 is 4.39 Å². The van der Waals surface area contributed by atoms with Crippen molar-refractivity contribution in [1.82, 2.24) is 9.55 Å². The summed E-state index contributed by atoms with van der Waals surface area (Å²) in [6.45, 7) is 0.103. The fourth-order valence-electron chi connectivity index (χ4n) is 1.52. The summed E-state index contributed by atoms with van der Waals surface area (Å²) in [5.41, 5.74) is 0.501. The van der Waals surface area contributed by atoms with Gasteiger partial charge in [0.1, 0.15) is 10.3 Å². The van der Waals surface area contributed by atoms with Crippen molar-refractivity contribution in [2.24, 2.45) is 0 Å². The van der Waals surface area contributed by atoms with Gasteiger partial charge in [-0.1, -0.05) is 0 Å². The molecule has 0 bridgehead atoms. The van der Waals surface area contributed by atoms with Crippen LogP contribution in [0.15, 0.2) is 40.0 Å². The molecule has 0 unspecified atom stereocenters. The van der Waals surface area contributed by atoms with Crippen molar-refractivity contribution in [3.05, 3.63) is 62.5 Å². The zero-order valence-corrected chi connectivity index (χ0v) is 10.7. The monoisotopic (exact) mass is 307 g/mol. The van der Waals surface area contributed by atoms with Crippen molar-refractivity contribution in [2.75, 3.05) is 0 Å². The van der Waals surface area contributed by atoms with Gasteiger partial charge in [0.05, 0.1) is 24.5 Å². The molecule has 1 aromatic carbocycles. The molecule has 1 aromatic heterocycles. The van der Waals surface area contributed by atoms with Crippen molar-refractivity contribution in [3.63, 3.8) is 0 Å². The van der Waals surface area contributed by atoms with Crippen LogP contribution >= 0.6 is 15.9 Å². The Morgan fingerprint density at radius 2 is 2.28 bits per heavy atom. The Morgan fingerprint density at radius 3 is 3.00 bits per heavy atom. The van der Waals surface area contributed by atoms with E-state index >= 15 is 0 Å². The summed E-state index contributed by atoms with van der Waals surface area (Å²) in [5, 5.41) is 8.93. The Morgan fingerprint density at radius 1 is 1.50 bits per heavy atom. The largest absolute Gasteiger partial charge is 0.294 e. The maximum Gasteiger partial charge on any atom is 0.267 e. The minimum atomic E-state index is -0.444. The fraction of sp³-hybridized carbons (Fsp3) is 0.0833. The molecule has 0 aliphatic carbocycles. The number of halogens is 2. The van der Waals surface area contributed by atoms with Crippen LogP contribution < -0.4 is 5.56 Å². The molecule has 0 atom stereocenters. The van der Waals surface area contributed by atoms with Crippen LogP contribution in [0.25, 0.3) is 0 Å². The first kappa shape index (κ1) is 12.5. The van der Waals surface area contributed by atoms with E-state index in [4.69, 9.17) is 5.26 Å². The van der Waals surface area contributed by atoms with Crippen molar-refractivity contribution in [2.45, 2.75) is 6.54 Å². The number of nitriles is 1. The Balaban J connectivity index is 2.46. The highest BCUT2D eigenvalue weighted by atomic mass is 79.9. The second-order valence-corrected chi connectivity index (χ2v) is 4.44. The molecule has 0 aliphatic heterocycles. The molecule has 0 fully saturated rings.